The van der Waals surface area contributed by atoms with E-state index in [-0.39, 0.29) is 37.2 Å². The van der Waals surface area contributed by atoms with Crippen LogP contribution in [-0.2, 0) is 22.6 Å². The molecular weight excluding hydrogens is 743 g/mol. The smallest absolute Gasteiger partial charge is 0.410 e. The molecule has 2 aromatic carbocycles. The zero-order chi connectivity index (χ0) is 38.9. The van der Waals surface area contributed by atoms with E-state index >= 15 is 0 Å². The number of aromatic nitrogens is 3. The molecule has 14 heteroatoms. The molecule has 2 N–H and O–H groups in total. The van der Waals surface area contributed by atoms with E-state index in [1.165, 1.54) is 15.5 Å². The summed E-state index contributed by atoms with van der Waals surface area (Å²) in [4.78, 5) is 51.8. The van der Waals surface area contributed by atoms with Crippen LogP contribution in [0.15, 0.2) is 77.9 Å². The van der Waals surface area contributed by atoms with Crippen LogP contribution in [0.4, 0.5) is 4.79 Å². The van der Waals surface area contributed by atoms with Gasteiger partial charge in [0, 0.05) is 78.9 Å². The summed E-state index contributed by atoms with van der Waals surface area (Å²) in [5, 5.41) is 13.2. The predicted octanol–water partition coefficient (Wildman–Crippen LogP) is 6.60. The van der Waals surface area contributed by atoms with Gasteiger partial charge in [0.1, 0.15) is 17.9 Å². The SMILES string of the molecule is CC(C)(C)OC(=O)N(Cc1cnc2cc(-c3cccc(-c4cccc(-c5ccc6c(n5)OCCN(CCO)C6)c4Cl)c3Cl)ccn2c1=O)C[C@@H]1CCC(=O)N1. The fraction of sp³-hybridized carbons (Fsp3) is 0.341. The summed E-state index contributed by atoms with van der Waals surface area (Å²) in [5.41, 5.74) is 4.87. The van der Waals surface area contributed by atoms with Crippen LogP contribution in [0.5, 0.6) is 5.88 Å². The Morgan fingerprint density at radius 2 is 1.76 bits per heavy atom. The zero-order valence-electron chi connectivity index (χ0n) is 30.8. The molecule has 3 aromatic heterocycles. The number of carbonyl (C=O) groups is 2. The maximum absolute atomic E-state index is 13.7. The molecule has 55 heavy (non-hydrogen) atoms. The molecule has 1 saturated heterocycles. The first-order valence-electron chi connectivity index (χ1n) is 18.2. The first-order valence-corrected chi connectivity index (χ1v) is 19.0. The summed E-state index contributed by atoms with van der Waals surface area (Å²) >= 11 is 14.2. The van der Waals surface area contributed by atoms with Crippen molar-refractivity contribution < 1.29 is 24.2 Å². The van der Waals surface area contributed by atoms with E-state index in [1.54, 1.807) is 39.1 Å². The zero-order valence-corrected chi connectivity index (χ0v) is 32.4. The van der Waals surface area contributed by atoms with Crippen molar-refractivity contribution >= 4 is 40.8 Å². The van der Waals surface area contributed by atoms with E-state index in [2.05, 4.69) is 15.2 Å². The molecule has 0 unspecified atom stereocenters. The number of benzene rings is 2. The first-order chi connectivity index (χ1) is 26.4. The van der Waals surface area contributed by atoms with Gasteiger partial charge in [-0.05, 0) is 51.0 Å². The average molecular weight is 786 g/mol. The van der Waals surface area contributed by atoms with E-state index in [9.17, 15) is 19.5 Å². The molecule has 7 rings (SSSR count). The van der Waals surface area contributed by atoms with Crippen molar-refractivity contribution in [3.63, 3.8) is 0 Å². The summed E-state index contributed by atoms with van der Waals surface area (Å²) in [6.07, 6.45) is 3.51. The molecule has 1 atom stereocenters. The number of fused-ring (bicyclic) bond motifs is 2. The number of pyridine rings is 2. The summed E-state index contributed by atoms with van der Waals surface area (Å²) in [5.74, 6) is 0.483. The number of nitrogens with one attached hydrogen (secondary N) is 1. The highest BCUT2D eigenvalue weighted by Crippen LogP contribution is 2.42. The van der Waals surface area contributed by atoms with Gasteiger partial charge in [-0.1, -0.05) is 65.7 Å². The van der Waals surface area contributed by atoms with Crippen molar-refractivity contribution in [3.8, 4) is 39.4 Å². The van der Waals surface area contributed by atoms with E-state index in [0.717, 1.165) is 33.4 Å². The number of halogens is 2. The Morgan fingerprint density at radius 3 is 2.47 bits per heavy atom. The van der Waals surface area contributed by atoms with E-state index in [0.29, 0.717) is 71.9 Å². The van der Waals surface area contributed by atoms with Crippen molar-refractivity contribution in [3.05, 3.63) is 105 Å². The quantitative estimate of drug-likeness (QED) is 0.169. The Kier molecular flexibility index (Phi) is 11.1. The van der Waals surface area contributed by atoms with Crippen molar-refractivity contribution in [1.82, 2.24) is 29.5 Å². The average Bonchev–Trinajstić information content (AvgIpc) is 3.45. The summed E-state index contributed by atoms with van der Waals surface area (Å²) < 4.78 is 13.0. The number of hydrogen-bond acceptors (Lipinski definition) is 9. The summed E-state index contributed by atoms with van der Waals surface area (Å²) in [7, 11) is 0. The third-order valence-electron chi connectivity index (χ3n) is 9.59. The molecule has 0 bridgehead atoms. The van der Waals surface area contributed by atoms with Gasteiger partial charge in [-0.2, -0.15) is 0 Å². The van der Waals surface area contributed by atoms with Crippen LogP contribution in [0.1, 0.15) is 44.7 Å². The number of β-amino-alcohol motifs (C(OH)–C–C–N with tert-alkyl or cyclic N) is 1. The van der Waals surface area contributed by atoms with Gasteiger partial charge in [-0.25, -0.2) is 14.8 Å². The predicted molar refractivity (Wildman–Crippen MR) is 211 cm³/mol. The second-order valence-corrected chi connectivity index (χ2v) is 15.5. The lowest BCUT2D eigenvalue weighted by Gasteiger charge is -2.29. The number of hydrogen-bond donors (Lipinski definition) is 2. The molecule has 1 fully saturated rings. The first kappa shape index (κ1) is 38.3. The summed E-state index contributed by atoms with van der Waals surface area (Å²) in [6.45, 7) is 7.92. The molecule has 2 aliphatic rings. The van der Waals surface area contributed by atoms with Gasteiger partial charge in [-0.3, -0.25) is 18.9 Å². The fourth-order valence-corrected chi connectivity index (χ4v) is 7.56. The summed E-state index contributed by atoms with van der Waals surface area (Å²) in [6, 6.07) is 18.7. The van der Waals surface area contributed by atoms with Crippen molar-refractivity contribution in [2.24, 2.45) is 0 Å². The number of aliphatic hydroxyl groups excluding tert-OH is 1. The molecule has 0 aliphatic carbocycles. The van der Waals surface area contributed by atoms with Crippen LogP contribution in [0.25, 0.3) is 39.2 Å². The van der Waals surface area contributed by atoms with Crippen molar-refractivity contribution in [2.45, 2.75) is 58.3 Å². The lowest BCUT2D eigenvalue weighted by atomic mass is 9.97. The molecule has 0 radical (unpaired) electrons. The number of amides is 2. The molecule has 2 aliphatic heterocycles. The van der Waals surface area contributed by atoms with E-state index in [4.69, 9.17) is 37.7 Å². The minimum atomic E-state index is -0.743. The largest absolute Gasteiger partial charge is 0.476 e. The maximum Gasteiger partial charge on any atom is 0.410 e. The standard InChI is InChI=1S/C41H42Cl2N6O6/c1-41(2,3)55-40(53)48(24-28-11-13-35(51)45-28)23-27-21-44-34-20-25(14-15-49(34)39(27)52)29-6-4-7-30(36(29)42)31-8-5-9-32(37(31)43)33-12-10-26-22-47(16-18-50)17-19-54-38(26)46-33/h4-10,12,14-15,20-21,28,50H,11,13,16-19,22-24H2,1-3H3,(H,45,51)/t28-/m0/s1. The van der Waals surface area contributed by atoms with Crippen molar-refractivity contribution in [1.29, 1.82) is 0 Å². The topological polar surface area (TPSA) is 139 Å². The molecule has 12 nitrogen and oxygen atoms in total. The van der Waals surface area contributed by atoms with Crippen LogP contribution in [0.3, 0.4) is 0 Å². The number of aliphatic hydroxyl groups is 1. The lowest BCUT2D eigenvalue weighted by Crippen LogP contribution is -2.44. The molecule has 2 amide bonds. The van der Waals surface area contributed by atoms with Gasteiger partial charge in [-0.15, -0.1) is 0 Å². The number of carbonyl (C=O) groups excluding carboxylic acids is 2. The molecule has 286 valence electrons. The van der Waals surface area contributed by atoms with Gasteiger partial charge in [0.2, 0.25) is 11.8 Å². The lowest BCUT2D eigenvalue weighted by molar-refractivity contribution is -0.119. The number of nitrogens with zero attached hydrogens (tertiary/aromatic N) is 5. The number of rotatable bonds is 9. The Morgan fingerprint density at radius 1 is 1.04 bits per heavy atom. The third kappa shape index (κ3) is 8.47. The van der Waals surface area contributed by atoms with Crippen LogP contribution in [-0.4, -0.2) is 85.8 Å². The minimum absolute atomic E-state index is 0.0390. The Balaban J connectivity index is 1.16. The molecule has 0 saturated carbocycles. The molecular formula is C41H42Cl2N6O6. The second kappa shape index (κ2) is 16.0. The third-order valence-corrected chi connectivity index (χ3v) is 10.4. The number of ether oxygens (including phenoxy) is 2. The van der Waals surface area contributed by atoms with Gasteiger partial charge < -0.3 is 24.8 Å². The Labute approximate surface area is 328 Å². The molecule has 0 spiro atoms. The van der Waals surface area contributed by atoms with Crippen LogP contribution < -0.4 is 15.6 Å². The van der Waals surface area contributed by atoms with E-state index < -0.39 is 11.7 Å². The fourth-order valence-electron chi connectivity index (χ4n) is 6.89. The highest BCUT2D eigenvalue weighted by molar-refractivity contribution is 6.39. The second-order valence-electron chi connectivity index (χ2n) is 14.7. The Hall–Kier alpha value is -5.01. The van der Waals surface area contributed by atoms with Gasteiger partial charge >= 0.3 is 6.09 Å². The van der Waals surface area contributed by atoms with Crippen LogP contribution in [0, 0.1) is 0 Å². The normalized spacial score (nSPS) is 16.0. The Bertz CT molecular complexity index is 2330. The van der Waals surface area contributed by atoms with Gasteiger partial charge in [0.05, 0.1) is 34.5 Å². The molecule has 5 aromatic rings. The monoisotopic (exact) mass is 784 g/mol. The van der Waals surface area contributed by atoms with Gasteiger partial charge in [0.25, 0.3) is 5.56 Å². The van der Waals surface area contributed by atoms with E-state index in [1.807, 2.05) is 48.5 Å². The van der Waals surface area contributed by atoms with Crippen LogP contribution >= 0.6 is 23.2 Å². The molecule has 5 heterocycles. The minimum Gasteiger partial charge on any atom is -0.476 e. The van der Waals surface area contributed by atoms with Crippen LogP contribution in [0.2, 0.25) is 10.0 Å². The maximum atomic E-state index is 13.7. The van der Waals surface area contributed by atoms with Crippen molar-refractivity contribution in [2.75, 3.05) is 32.8 Å². The highest BCUT2D eigenvalue weighted by Gasteiger charge is 2.29. The van der Waals surface area contributed by atoms with Gasteiger partial charge in [0.15, 0.2) is 0 Å². The highest BCUT2D eigenvalue weighted by atomic mass is 35.5.